The molecule has 0 radical (unpaired) electrons. The van der Waals surface area contributed by atoms with Crippen LogP contribution in [-0.2, 0) is 14.8 Å². The van der Waals surface area contributed by atoms with Gasteiger partial charge in [-0.25, -0.2) is 17.9 Å². The molecule has 5 nitrogen and oxygen atoms in total. The highest BCUT2D eigenvalue weighted by molar-refractivity contribution is 7.90. The molecule has 0 fully saturated rings. The molecule has 1 aromatic carbocycles. The minimum Gasteiger partial charge on any atom is -0.449 e. The first-order valence-electron chi connectivity index (χ1n) is 5.33. The lowest BCUT2D eigenvalue weighted by Crippen LogP contribution is -2.31. The largest absolute Gasteiger partial charge is 0.449 e. The predicted octanol–water partition coefficient (Wildman–Crippen LogP) is 1.99. The second kappa shape index (κ2) is 6.20. The van der Waals surface area contributed by atoms with Crippen molar-refractivity contribution in [3.8, 4) is 0 Å². The Morgan fingerprint density at radius 3 is 2.56 bits per heavy atom. The third kappa shape index (κ3) is 4.21. The van der Waals surface area contributed by atoms with Crippen molar-refractivity contribution < 1.29 is 17.9 Å². The standard InChI is InChI=1S/C12H15NO4S/c1-3-4-9-17-12(14)13-18(15,16)11-7-5-10(2)6-8-11/h3,5-8H,1,4,9H2,2H3,(H,13,14). The average Bonchev–Trinajstić information content (AvgIpc) is 2.29. The zero-order chi connectivity index (χ0) is 13.6. The highest BCUT2D eigenvalue weighted by atomic mass is 32.2. The van der Waals surface area contributed by atoms with Gasteiger partial charge in [0.05, 0.1) is 11.5 Å². The molecule has 1 rings (SSSR count). The van der Waals surface area contributed by atoms with Crippen molar-refractivity contribution in [2.45, 2.75) is 18.2 Å². The fourth-order valence-electron chi connectivity index (χ4n) is 1.15. The molecule has 18 heavy (non-hydrogen) atoms. The summed E-state index contributed by atoms with van der Waals surface area (Å²) >= 11 is 0. The molecule has 0 unspecified atom stereocenters. The molecule has 0 aliphatic heterocycles. The Morgan fingerprint density at radius 1 is 1.39 bits per heavy atom. The van der Waals surface area contributed by atoms with E-state index in [0.717, 1.165) is 5.56 Å². The van der Waals surface area contributed by atoms with Crippen LogP contribution in [0.5, 0.6) is 0 Å². The van der Waals surface area contributed by atoms with Crippen LogP contribution < -0.4 is 4.72 Å². The molecule has 0 aliphatic rings. The van der Waals surface area contributed by atoms with Crippen LogP contribution in [0.15, 0.2) is 41.8 Å². The van der Waals surface area contributed by atoms with Crippen molar-refractivity contribution in [1.29, 1.82) is 0 Å². The molecule has 0 aromatic heterocycles. The predicted molar refractivity (Wildman–Crippen MR) is 67.7 cm³/mol. The Morgan fingerprint density at radius 2 is 2.00 bits per heavy atom. The summed E-state index contributed by atoms with van der Waals surface area (Å²) in [5.41, 5.74) is 0.933. The zero-order valence-electron chi connectivity index (χ0n) is 10.0. The first kappa shape index (κ1) is 14.2. The lowest BCUT2D eigenvalue weighted by Gasteiger charge is -2.07. The molecule has 0 saturated carbocycles. The number of ether oxygens (including phenoxy) is 1. The van der Waals surface area contributed by atoms with E-state index in [0.29, 0.717) is 6.42 Å². The normalized spacial score (nSPS) is 10.7. The van der Waals surface area contributed by atoms with Gasteiger partial charge in [-0.2, -0.15) is 0 Å². The fraction of sp³-hybridized carbons (Fsp3) is 0.250. The van der Waals surface area contributed by atoms with Crippen molar-refractivity contribution in [1.82, 2.24) is 4.72 Å². The van der Waals surface area contributed by atoms with E-state index in [1.54, 1.807) is 18.2 Å². The van der Waals surface area contributed by atoms with Crippen molar-refractivity contribution >= 4 is 16.1 Å². The van der Waals surface area contributed by atoms with Crippen molar-refractivity contribution in [3.63, 3.8) is 0 Å². The van der Waals surface area contributed by atoms with E-state index in [9.17, 15) is 13.2 Å². The van der Waals surface area contributed by atoms with E-state index in [-0.39, 0.29) is 11.5 Å². The first-order chi connectivity index (χ1) is 8.45. The molecule has 1 N–H and O–H groups in total. The molecule has 0 spiro atoms. The molecule has 1 aromatic rings. The number of sulfonamides is 1. The quantitative estimate of drug-likeness (QED) is 0.655. The number of carbonyl (C=O) groups is 1. The number of amides is 1. The lowest BCUT2D eigenvalue weighted by molar-refractivity contribution is 0.154. The highest BCUT2D eigenvalue weighted by Crippen LogP contribution is 2.09. The Balaban J connectivity index is 2.67. The third-order valence-electron chi connectivity index (χ3n) is 2.10. The van der Waals surface area contributed by atoms with Gasteiger partial charge in [-0.1, -0.05) is 23.8 Å². The second-order valence-corrected chi connectivity index (χ2v) is 5.31. The molecule has 6 heteroatoms. The minimum atomic E-state index is -3.86. The monoisotopic (exact) mass is 269 g/mol. The van der Waals surface area contributed by atoms with Crippen molar-refractivity contribution in [2.24, 2.45) is 0 Å². The molecule has 0 heterocycles. The number of hydrogen-bond donors (Lipinski definition) is 1. The molecule has 0 atom stereocenters. The summed E-state index contributed by atoms with van der Waals surface area (Å²) in [5.74, 6) is 0. The van der Waals surface area contributed by atoms with Gasteiger partial charge in [0, 0.05) is 0 Å². The molecule has 0 bridgehead atoms. The van der Waals surface area contributed by atoms with E-state index in [1.165, 1.54) is 12.1 Å². The van der Waals surface area contributed by atoms with E-state index in [1.807, 2.05) is 11.6 Å². The van der Waals surface area contributed by atoms with Gasteiger partial charge < -0.3 is 4.74 Å². The number of nitrogens with one attached hydrogen (secondary N) is 1. The van der Waals surface area contributed by atoms with Gasteiger partial charge in [-0.3, -0.25) is 0 Å². The van der Waals surface area contributed by atoms with Crippen LogP contribution in [-0.4, -0.2) is 21.1 Å². The summed E-state index contributed by atoms with van der Waals surface area (Å²) in [4.78, 5) is 11.2. The number of rotatable bonds is 5. The first-order valence-corrected chi connectivity index (χ1v) is 6.81. The highest BCUT2D eigenvalue weighted by Gasteiger charge is 2.17. The zero-order valence-corrected chi connectivity index (χ0v) is 10.9. The van der Waals surface area contributed by atoms with Crippen molar-refractivity contribution in [2.75, 3.05) is 6.61 Å². The average molecular weight is 269 g/mol. The fourth-order valence-corrected chi connectivity index (χ4v) is 2.04. The summed E-state index contributed by atoms with van der Waals surface area (Å²) in [6.45, 7) is 5.39. The van der Waals surface area contributed by atoms with Crippen molar-refractivity contribution in [3.05, 3.63) is 42.5 Å². The van der Waals surface area contributed by atoms with Gasteiger partial charge in [-0.15, -0.1) is 6.58 Å². The second-order valence-electron chi connectivity index (χ2n) is 3.63. The Labute approximate surface area is 107 Å². The van der Waals surface area contributed by atoms with E-state index in [2.05, 4.69) is 11.3 Å². The third-order valence-corrected chi connectivity index (χ3v) is 3.43. The van der Waals surface area contributed by atoms with Crippen LogP contribution >= 0.6 is 0 Å². The smallest absolute Gasteiger partial charge is 0.421 e. The molecular weight excluding hydrogens is 254 g/mol. The maximum absolute atomic E-state index is 11.8. The molecule has 1 amide bonds. The van der Waals surface area contributed by atoms with Crippen LogP contribution in [0.4, 0.5) is 4.79 Å². The summed E-state index contributed by atoms with van der Waals surface area (Å²) in [5, 5.41) is 0. The number of carbonyl (C=O) groups excluding carboxylic acids is 1. The molecule has 0 aliphatic carbocycles. The van der Waals surface area contributed by atoms with Crippen LogP contribution in [0.3, 0.4) is 0 Å². The topological polar surface area (TPSA) is 72.5 Å². The maximum atomic E-state index is 11.8. The summed E-state index contributed by atoms with van der Waals surface area (Å²) < 4.78 is 30.0. The molecule has 98 valence electrons. The van der Waals surface area contributed by atoms with Crippen LogP contribution in [0.25, 0.3) is 0 Å². The van der Waals surface area contributed by atoms with Gasteiger partial charge in [0.2, 0.25) is 0 Å². The van der Waals surface area contributed by atoms with Crippen LogP contribution in [0, 0.1) is 6.92 Å². The Kier molecular flexibility index (Phi) is 4.91. The molecule has 0 saturated heterocycles. The van der Waals surface area contributed by atoms with E-state index < -0.39 is 16.1 Å². The van der Waals surface area contributed by atoms with E-state index in [4.69, 9.17) is 0 Å². The van der Waals surface area contributed by atoms with Gasteiger partial charge in [0.15, 0.2) is 0 Å². The van der Waals surface area contributed by atoms with Crippen LogP contribution in [0.2, 0.25) is 0 Å². The summed E-state index contributed by atoms with van der Waals surface area (Å²) in [6.07, 6.45) is 1.05. The Bertz CT molecular complexity index is 520. The number of aryl methyl sites for hydroxylation is 1. The maximum Gasteiger partial charge on any atom is 0.421 e. The van der Waals surface area contributed by atoms with Crippen LogP contribution in [0.1, 0.15) is 12.0 Å². The van der Waals surface area contributed by atoms with E-state index >= 15 is 0 Å². The SMILES string of the molecule is C=CCCOC(=O)NS(=O)(=O)c1ccc(C)cc1. The van der Waals surface area contributed by atoms with Gasteiger partial charge in [-0.05, 0) is 25.5 Å². The van der Waals surface area contributed by atoms with Gasteiger partial charge in [0.25, 0.3) is 10.0 Å². The lowest BCUT2D eigenvalue weighted by atomic mass is 10.2. The van der Waals surface area contributed by atoms with Gasteiger partial charge in [0.1, 0.15) is 0 Å². The number of hydrogen-bond acceptors (Lipinski definition) is 4. The van der Waals surface area contributed by atoms with Gasteiger partial charge >= 0.3 is 6.09 Å². The summed E-state index contributed by atoms with van der Waals surface area (Å²) in [6, 6.07) is 6.15. The molecular formula is C12H15NO4S. The summed E-state index contributed by atoms with van der Waals surface area (Å²) in [7, 11) is -3.86. The minimum absolute atomic E-state index is 0.0220. The Hall–Kier alpha value is -1.82. The number of benzene rings is 1.